The zero-order valence-corrected chi connectivity index (χ0v) is 16.7. The van der Waals surface area contributed by atoms with Crippen molar-refractivity contribution >= 4 is 17.7 Å². The largest absolute Gasteiger partial charge is 0.349 e. The minimum Gasteiger partial charge on any atom is -0.349 e. The summed E-state index contributed by atoms with van der Waals surface area (Å²) in [7, 11) is 0. The van der Waals surface area contributed by atoms with Crippen LogP contribution in [0, 0.1) is 12.8 Å². The summed E-state index contributed by atoms with van der Waals surface area (Å²) < 4.78 is 0. The SMILES string of the molecule is CSc1nc(C)c(CCC(=O)NC(CC(C)C)c2ccccc2)c(=O)[nH]1. The summed E-state index contributed by atoms with van der Waals surface area (Å²) in [6, 6.07) is 9.99. The van der Waals surface area contributed by atoms with Gasteiger partial charge in [0.2, 0.25) is 5.91 Å². The van der Waals surface area contributed by atoms with Gasteiger partial charge < -0.3 is 10.3 Å². The second-order valence-corrected chi connectivity index (χ2v) is 7.59. The summed E-state index contributed by atoms with van der Waals surface area (Å²) >= 11 is 1.40. The number of aromatic nitrogens is 2. The maximum absolute atomic E-state index is 12.5. The summed E-state index contributed by atoms with van der Waals surface area (Å²) in [5.41, 5.74) is 2.22. The Morgan fingerprint density at radius 1 is 1.27 bits per heavy atom. The molecule has 0 saturated carbocycles. The number of H-pyrrole nitrogens is 1. The number of carbonyl (C=O) groups excluding carboxylic acids is 1. The third-order valence-corrected chi connectivity index (χ3v) is 4.82. The van der Waals surface area contributed by atoms with E-state index in [0.29, 0.717) is 28.8 Å². The number of hydrogen-bond donors (Lipinski definition) is 2. The highest BCUT2D eigenvalue weighted by Gasteiger charge is 2.17. The Kier molecular flexibility index (Phi) is 7.45. The van der Waals surface area contributed by atoms with Crippen LogP contribution in [0.1, 0.15) is 49.6 Å². The molecule has 1 unspecified atom stereocenters. The van der Waals surface area contributed by atoms with Gasteiger partial charge in [0.15, 0.2) is 5.16 Å². The monoisotopic (exact) mass is 373 g/mol. The fraction of sp³-hybridized carbons (Fsp3) is 0.450. The zero-order valence-electron chi connectivity index (χ0n) is 15.8. The summed E-state index contributed by atoms with van der Waals surface area (Å²) in [5.74, 6) is 0.418. The average Bonchev–Trinajstić information content (AvgIpc) is 2.60. The molecule has 0 fully saturated rings. The lowest BCUT2D eigenvalue weighted by atomic mass is 9.96. The highest BCUT2D eigenvalue weighted by atomic mass is 32.2. The molecule has 0 aliphatic carbocycles. The van der Waals surface area contributed by atoms with E-state index in [1.807, 2.05) is 43.5 Å². The van der Waals surface area contributed by atoms with Crippen molar-refractivity contribution in [3.8, 4) is 0 Å². The standard InChI is InChI=1S/C20H27N3O2S/c1-13(2)12-17(15-8-6-5-7-9-15)22-18(24)11-10-16-14(3)21-20(26-4)23-19(16)25/h5-9,13,17H,10-12H2,1-4H3,(H,22,24)(H,21,23,25). The summed E-state index contributed by atoms with van der Waals surface area (Å²) in [4.78, 5) is 31.8. The number of thioether (sulfide) groups is 1. The molecule has 0 radical (unpaired) electrons. The molecule has 1 aromatic heterocycles. The predicted molar refractivity (Wildman–Crippen MR) is 106 cm³/mol. The Labute approximate surface area is 159 Å². The molecule has 26 heavy (non-hydrogen) atoms. The number of nitrogens with one attached hydrogen (secondary N) is 2. The molecule has 2 N–H and O–H groups in total. The van der Waals surface area contributed by atoms with Crippen molar-refractivity contribution in [1.82, 2.24) is 15.3 Å². The van der Waals surface area contributed by atoms with Crippen LogP contribution in [0.15, 0.2) is 40.3 Å². The molecular formula is C20H27N3O2S. The van der Waals surface area contributed by atoms with E-state index in [2.05, 4.69) is 29.1 Å². The number of aromatic amines is 1. The molecule has 6 heteroatoms. The van der Waals surface area contributed by atoms with Crippen molar-refractivity contribution in [2.24, 2.45) is 5.92 Å². The van der Waals surface area contributed by atoms with Crippen LogP contribution in [0.2, 0.25) is 0 Å². The number of amides is 1. The smallest absolute Gasteiger partial charge is 0.254 e. The van der Waals surface area contributed by atoms with Gasteiger partial charge in [-0.05, 0) is 37.5 Å². The second kappa shape index (κ2) is 9.57. The van der Waals surface area contributed by atoms with Crippen molar-refractivity contribution < 1.29 is 4.79 Å². The summed E-state index contributed by atoms with van der Waals surface area (Å²) in [5, 5.41) is 3.72. The van der Waals surface area contributed by atoms with Crippen molar-refractivity contribution in [2.75, 3.05) is 6.26 Å². The normalized spacial score (nSPS) is 12.2. The number of carbonyl (C=O) groups is 1. The number of benzene rings is 1. The minimum absolute atomic E-state index is 0.0138. The first kappa shape index (κ1) is 20.2. The van der Waals surface area contributed by atoms with Crippen LogP contribution < -0.4 is 10.9 Å². The zero-order chi connectivity index (χ0) is 19.1. The molecule has 0 saturated heterocycles. The average molecular weight is 374 g/mol. The van der Waals surface area contributed by atoms with E-state index < -0.39 is 0 Å². The van der Waals surface area contributed by atoms with Crippen LogP contribution in [0.3, 0.4) is 0 Å². The lowest BCUT2D eigenvalue weighted by Gasteiger charge is -2.21. The molecule has 1 amide bonds. The highest BCUT2D eigenvalue weighted by molar-refractivity contribution is 7.98. The third kappa shape index (κ3) is 5.73. The Bertz CT molecular complexity index is 787. The van der Waals surface area contributed by atoms with Gasteiger partial charge >= 0.3 is 0 Å². The maximum atomic E-state index is 12.5. The molecule has 0 aliphatic heterocycles. The molecule has 0 bridgehead atoms. The van der Waals surface area contributed by atoms with E-state index in [4.69, 9.17) is 0 Å². The van der Waals surface area contributed by atoms with Crippen LogP contribution in [0.5, 0.6) is 0 Å². The Balaban J connectivity index is 2.04. The highest BCUT2D eigenvalue weighted by Crippen LogP contribution is 2.21. The molecular weight excluding hydrogens is 346 g/mol. The van der Waals surface area contributed by atoms with Gasteiger partial charge in [-0.2, -0.15) is 0 Å². The quantitative estimate of drug-likeness (QED) is 0.547. The van der Waals surface area contributed by atoms with E-state index in [0.717, 1.165) is 12.0 Å². The van der Waals surface area contributed by atoms with Gasteiger partial charge in [-0.3, -0.25) is 9.59 Å². The summed E-state index contributed by atoms with van der Waals surface area (Å²) in [6.07, 6.45) is 3.39. The van der Waals surface area contributed by atoms with Gasteiger partial charge in [0.05, 0.1) is 6.04 Å². The predicted octanol–water partition coefficient (Wildman–Crippen LogP) is 3.64. The van der Waals surface area contributed by atoms with Gasteiger partial charge in [0.1, 0.15) is 0 Å². The number of rotatable bonds is 8. The first-order valence-corrected chi connectivity index (χ1v) is 10.1. The Morgan fingerprint density at radius 2 is 1.96 bits per heavy atom. The van der Waals surface area contributed by atoms with Crippen molar-refractivity contribution in [3.63, 3.8) is 0 Å². The van der Waals surface area contributed by atoms with E-state index >= 15 is 0 Å². The molecule has 5 nitrogen and oxygen atoms in total. The van der Waals surface area contributed by atoms with Crippen molar-refractivity contribution in [2.45, 2.75) is 51.2 Å². The first-order chi connectivity index (χ1) is 12.4. The molecule has 1 heterocycles. The van der Waals surface area contributed by atoms with Gasteiger partial charge in [-0.25, -0.2) is 4.98 Å². The van der Waals surface area contributed by atoms with Gasteiger partial charge in [0, 0.05) is 17.7 Å². The van der Waals surface area contributed by atoms with Gasteiger partial charge in [-0.15, -0.1) is 0 Å². The van der Waals surface area contributed by atoms with E-state index in [9.17, 15) is 9.59 Å². The molecule has 140 valence electrons. The fourth-order valence-corrected chi connectivity index (χ4v) is 3.34. The minimum atomic E-state index is -0.156. The Morgan fingerprint density at radius 3 is 2.54 bits per heavy atom. The lowest BCUT2D eigenvalue weighted by molar-refractivity contribution is -0.121. The van der Waals surface area contributed by atoms with Crippen LogP contribution in [0.4, 0.5) is 0 Å². The Hall–Kier alpha value is -2.08. The molecule has 1 aromatic carbocycles. The second-order valence-electron chi connectivity index (χ2n) is 6.80. The number of hydrogen-bond acceptors (Lipinski definition) is 4. The fourth-order valence-electron chi connectivity index (χ4n) is 2.92. The molecule has 2 aromatic rings. The van der Waals surface area contributed by atoms with E-state index in [-0.39, 0.29) is 23.9 Å². The maximum Gasteiger partial charge on any atom is 0.254 e. The lowest BCUT2D eigenvalue weighted by Crippen LogP contribution is -2.30. The van der Waals surface area contributed by atoms with E-state index in [1.54, 1.807) is 0 Å². The number of aryl methyl sites for hydroxylation is 1. The first-order valence-electron chi connectivity index (χ1n) is 8.88. The van der Waals surface area contributed by atoms with Crippen LogP contribution in [-0.4, -0.2) is 22.1 Å². The van der Waals surface area contributed by atoms with Crippen LogP contribution >= 0.6 is 11.8 Å². The van der Waals surface area contributed by atoms with Crippen molar-refractivity contribution in [3.05, 3.63) is 57.5 Å². The summed E-state index contributed by atoms with van der Waals surface area (Å²) in [6.45, 7) is 6.10. The van der Waals surface area contributed by atoms with Gasteiger partial charge in [0.25, 0.3) is 5.56 Å². The molecule has 2 rings (SSSR count). The molecule has 0 spiro atoms. The van der Waals surface area contributed by atoms with Crippen LogP contribution in [0.25, 0.3) is 0 Å². The molecule has 1 atom stereocenters. The van der Waals surface area contributed by atoms with Gasteiger partial charge in [-0.1, -0.05) is 55.9 Å². The molecule has 0 aliphatic rings. The van der Waals surface area contributed by atoms with Crippen LogP contribution in [-0.2, 0) is 11.2 Å². The third-order valence-electron chi connectivity index (χ3n) is 4.24. The number of nitrogens with zero attached hydrogens (tertiary/aromatic N) is 1. The topological polar surface area (TPSA) is 74.8 Å². The van der Waals surface area contributed by atoms with E-state index in [1.165, 1.54) is 11.8 Å². The van der Waals surface area contributed by atoms with Crippen molar-refractivity contribution in [1.29, 1.82) is 0 Å².